The van der Waals surface area contributed by atoms with E-state index in [2.05, 4.69) is 36.2 Å². The number of benzene rings is 1. The van der Waals surface area contributed by atoms with Crippen molar-refractivity contribution in [2.45, 2.75) is 39.8 Å². The molecule has 0 aliphatic rings. The molecule has 1 N–H and O–H groups in total. The largest absolute Gasteiger partial charge is 0.497 e. The van der Waals surface area contributed by atoms with Gasteiger partial charge in [0.1, 0.15) is 11.5 Å². The first-order chi connectivity index (χ1) is 14.0. The van der Waals surface area contributed by atoms with Gasteiger partial charge in [0.05, 0.1) is 32.5 Å². The molecule has 0 saturated carbocycles. The zero-order valence-corrected chi connectivity index (χ0v) is 17.6. The molecule has 154 valence electrons. The Balaban J connectivity index is 1.83. The van der Waals surface area contributed by atoms with Crippen LogP contribution in [-0.2, 0) is 6.54 Å². The van der Waals surface area contributed by atoms with Crippen LogP contribution in [0.5, 0.6) is 11.5 Å². The Morgan fingerprint density at radius 2 is 1.97 bits per heavy atom. The first kappa shape index (κ1) is 20.6. The number of carbonyl (C=O) groups is 1. The summed E-state index contributed by atoms with van der Waals surface area (Å²) in [7, 11) is 3.25. The minimum absolute atomic E-state index is 0.107. The first-order valence-corrected chi connectivity index (χ1v) is 9.80. The van der Waals surface area contributed by atoms with Crippen LogP contribution in [0, 0.1) is 5.92 Å². The van der Waals surface area contributed by atoms with E-state index in [4.69, 9.17) is 9.47 Å². The van der Waals surface area contributed by atoms with Crippen molar-refractivity contribution in [3.05, 3.63) is 47.8 Å². The third-order valence-corrected chi connectivity index (χ3v) is 5.11. The number of nitrogens with one attached hydrogen (secondary N) is 1. The number of nitrogens with zero attached hydrogens (tertiary/aromatic N) is 3. The minimum Gasteiger partial charge on any atom is -0.497 e. The lowest BCUT2D eigenvalue weighted by Gasteiger charge is -2.20. The van der Waals surface area contributed by atoms with Gasteiger partial charge in [-0.05, 0) is 30.5 Å². The van der Waals surface area contributed by atoms with Crippen LogP contribution in [0.4, 0.5) is 0 Å². The third kappa shape index (κ3) is 4.50. The van der Waals surface area contributed by atoms with Crippen molar-refractivity contribution in [2.75, 3.05) is 14.2 Å². The molecule has 0 bridgehead atoms. The van der Waals surface area contributed by atoms with E-state index in [-0.39, 0.29) is 11.9 Å². The highest BCUT2D eigenvalue weighted by Gasteiger charge is 2.17. The summed E-state index contributed by atoms with van der Waals surface area (Å²) in [5, 5.41) is 8.36. The smallest absolute Gasteiger partial charge is 0.253 e. The summed E-state index contributed by atoms with van der Waals surface area (Å²) in [4.78, 5) is 17.1. The van der Waals surface area contributed by atoms with Gasteiger partial charge < -0.3 is 14.8 Å². The summed E-state index contributed by atoms with van der Waals surface area (Å²) < 4.78 is 12.5. The Bertz CT molecular complexity index is 997. The van der Waals surface area contributed by atoms with Crippen molar-refractivity contribution in [1.82, 2.24) is 20.1 Å². The maximum Gasteiger partial charge on any atom is 0.253 e. The van der Waals surface area contributed by atoms with Gasteiger partial charge in [-0.15, -0.1) is 0 Å². The Morgan fingerprint density at radius 3 is 2.62 bits per heavy atom. The predicted octanol–water partition coefficient (Wildman–Crippen LogP) is 3.66. The molecule has 1 aromatic carbocycles. The van der Waals surface area contributed by atoms with E-state index in [0.29, 0.717) is 18.0 Å². The molecule has 29 heavy (non-hydrogen) atoms. The lowest BCUT2D eigenvalue weighted by atomic mass is 10.0. The van der Waals surface area contributed by atoms with Crippen LogP contribution in [0.15, 0.2) is 36.7 Å². The zero-order valence-electron chi connectivity index (χ0n) is 17.6. The summed E-state index contributed by atoms with van der Waals surface area (Å²) in [6.45, 7) is 6.78. The molecule has 3 aromatic rings. The topological polar surface area (TPSA) is 78.3 Å². The van der Waals surface area contributed by atoms with Crippen LogP contribution >= 0.6 is 0 Å². The second kappa shape index (κ2) is 8.94. The fourth-order valence-corrected chi connectivity index (χ4v) is 3.35. The van der Waals surface area contributed by atoms with E-state index in [1.165, 1.54) is 0 Å². The second-order valence-corrected chi connectivity index (χ2v) is 7.35. The molecule has 0 spiro atoms. The normalized spacial score (nSPS) is 12.2. The highest BCUT2D eigenvalue weighted by atomic mass is 16.5. The predicted molar refractivity (Wildman–Crippen MR) is 113 cm³/mol. The number of methoxy groups -OCH3 is 2. The fourth-order valence-electron chi connectivity index (χ4n) is 3.35. The average Bonchev–Trinajstić information content (AvgIpc) is 3.13. The highest BCUT2D eigenvalue weighted by Crippen LogP contribution is 2.26. The number of rotatable bonds is 8. The fraction of sp³-hybridized carbons (Fsp3) is 0.409. The minimum atomic E-state index is -0.107. The van der Waals surface area contributed by atoms with Crippen molar-refractivity contribution in [2.24, 2.45) is 5.92 Å². The van der Waals surface area contributed by atoms with Gasteiger partial charge in [0, 0.05) is 29.3 Å². The Kier molecular flexibility index (Phi) is 6.36. The highest BCUT2D eigenvalue weighted by molar-refractivity contribution is 5.97. The summed E-state index contributed by atoms with van der Waals surface area (Å²) >= 11 is 0. The van der Waals surface area contributed by atoms with Gasteiger partial charge in [-0.3, -0.25) is 4.79 Å². The number of aromatic nitrogens is 3. The van der Waals surface area contributed by atoms with Crippen molar-refractivity contribution in [3.8, 4) is 11.5 Å². The molecule has 7 nitrogen and oxygen atoms in total. The molecule has 0 fully saturated rings. The van der Waals surface area contributed by atoms with Gasteiger partial charge in [-0.25, -0.2) is 9.67 Å². The third-order valence-electron chi connectivity index (χ3n) is 5.11. The van der Waals surface area contributed by atoms with Crippen LogP contribution in [0.1, 0.15) is 43.1 Å². The van der Waals surface area contributed by atoms with E-state index in [1.54, 1.807) is 31.3 Å². The van der Waals surface area contributed by atoms with Gasteiger partial charge in [0.25, 0.3) is 5.91 Å². The SMILES string of the molecule is CCC(NC(=O)c1cnc2c(cnn2Cc2ccc(OC)cc2OC)c1)C(C)C. The average molecular weight is 396 g/mol. The van der Waals surface area contributed by atoms with Gasteiger partial charge in [0.15, 0.2) is 5.65 Å². The summed E-state index contributed by atoms with van der Waals surface area (Å²) in [5.74, 6) is 1.73. The Labute approximate surface area is 171 Å². The van der Waals surface area contributed by atoms with Gasteiger partial charge in [-0.2, -0.15) is 5.10 Å². The standard InChI is InChI=1S/C22H28N4O3/c1-6-19(14(2)3)25-22(27)17-9-16-12-24-26(21(16)23-11-17)13-15-7-8-18(28-4)10-20(15)29-5/h7-12,14,19H,6,13H2,1-5H3,(H,25,27). The molecule has 7 heteroatoms. The Hall–Kier alpha value is -3.09. The van der Waals surface area contributed by atoms with E-state index in [1.807, 2.05) is 24.3 Å². The number of hydrogen-bond donors (Lipinski definition) is 1. The molecule has 2 aromatic heterocycles. The van der Waals surface area contributed by atoms with E-state index in [9.17, 15) is 4.79 Å². The summed E-state index contributed by atoms with van der Waals surface area (Å²) in [5.41, 5.74) is 2.22. The maximum absolute atomic E-state index is 12.6. The zero-order chi connectivity index (χ0) is 21.0. The van der Waals surface area contributed by atoms with E-state index < -0.39 is 0 Å². The molecule has 1 unspecified atom stereocenters. The van der Waals surface area contributed by atoms with Crippen LogP contribution in [0.2, 0.25) is 0 Å². The first-order valence-electron chi connectivity index (χ1n) is 9.80. The Morgan fingerprint density at radius 1 is 1.17 bits per heavy atom. The molecular weight excluding hydrogens is 368 g/mol. The second-order valence-electron chi connectivity index (χ2n) is 7.35. The monoisotopic (exact) mass is 396 g/mol. The molecule has 3 rings (SSSR count). The van der Waals surface area contributed by atoms with Crippen molar-refractivity contribution in [1.29, 1.82) is 0 Å². The summed E-state index contributed by atoms with van der Waals surface area (Å²) in [6.07, 6.45) is 4.23. The van der Waals surface area contributed by atoms with Gasteiger partial charge >= 0.3 is 0 Å². The molecule has 0 radical (unpaired) electrons. The van der Waals surface area contributed by atoms with E-state index >= 15 is 0 Å². The summed E-state index contributed by atoms with van der Waals surface area (Å²) in [6, 6.07) is 7.65. The number of ether oxygens (including phenoxy) is 2. The number of fused-ring (bicyclic) bond motifs is 1. The van der Waals surface area contributed by atoms with Crippen LogP contribution in [-0.4, -0.2) is 40.9 Å². The molecular formula is C22H28N4O3. The van der Waals surface area contributed by atoms with Gasteiger partial charge in [0.2, 0.25) is 0 Å². The number of amides is 1. The van der Waals surface area contributed by atoms with Crippen LogP contribution in [0.3, 0.4) is 0 Å². The molecule has 2 heterocycles. The van der Waals surface area contributed by atoms with Gasteiger partial charge in [-0.1, -0.05) is 20.8 Å². The lowest BCUT2D eigenvalue weighted by molar-refractivity contribution is 0.0924. The number of carbonyl (C=O) groups excluding carboxylic acids is 1. The molecule has 0 saturated heterocycles. The molecule has 0 aliphatic heterocycles. The molecule has 1 atom stereocenters. The number of pyridine rings is 1. The van der Waals surface area contributed by atoms with Crippen molar-refractivity contribution in [3.63, 3.8) is 0 Å². The number of hydrogen-bond acceptors (Lipinski definition) is 5. The van der Waals surface area contributed by atoms with Crippen LogP contribution in [0.25, 0.3) is 11.0 Å². The quantitative estimate of drug-likeness (QED) is 0.629. The van der Waals surface area contributed by atoms with Crippen LogP contribution < -0.4 is 14.8 Å². The lowest BCUT2D eigenvalue weighted by Crippen LogP contribution is -2.38. The molecule has 1 amide bonds. The van der Waals surface area contributed by atoms with Crippen molar-refractivity contribution >= 4 is 16.9 Å². The van der Waals surface area contributed by atoms with E-state index in [0.717, 1.165) is 34.5 Å². The maximum atomic E-state index is 12.6. The van der Waals surface area contributed by atoms with Crippen molar-refractivity contribution < 1.29 is 14.3 Å². The molecule has 0 aliphatic carbocycles.